The number of benzene rings is 1. The van der Waals surface area contributed by atoms with Crippen LogP contribution in [-0.4, -0.2) is 37.8 Å². The fourth-order valence-electron chi connectivity index (χ4n) is 2.65. The molecular weight excluding hydrogens is 242 g/mol. The number of morpholine rings is 1. The predicted octanol–water partition coefficient (Wildman–Crippen LogP) is 1.39. The molecule has 0 radical (unpaired) electrons. The molecular formula is C14H19N3O2. The second-order valence-electron chi connectivity index (χ2n) is 4.86. The highest BCUT2D eigenvalue weighted by Gasteiger charge is 2.24. The maximum Gasteiger partial charge on any atom is 0.192 e. The number of fused-ring (bicyclic) bond motifs is 1. The van der Waals surface area contributed by atoms with Gasteiger partial charge in [0.15, 0.2) is 11.5 Å². The lowest BCUT2D eigenvalue weighted by molar-refractivity contribution is 0.0646. The van der Waals surface area contributed by atoms with Crippen LogP contribution in [0.4, 0.5) is 0 Å². The van der Waals surface area contributed by atoms with Crippen LogP contribution in [0, 0.1) is 6.92 Å². The first-order valence-corrected chi connectivity index (χ1v) is 6.63. The summed E-state index contributed by atoms with van der Waals surface area (Å²) < 4.78 is 11.1. The maximum absolute atomic E-state index is 5.54. The largest absolute Gasteiger partial charge is 0.441 e. The second kappa shape index (κ2) is 5.28. The highest BCUT2D eigenvalue weighted by molar-refractivity contribution is 5.73. The van der Waals surface area contributed by atoms with Crippen LogP contribution in [0.2, 0.25) is 0 Å². The van der Waals surface area contributed by atoms with Gasteiger partial charge in [-0.2, -0.15) is 0 Å². The Morgan fingerprint density at radius 1 is 1.47 bits per heavy atom. The van der Waals surface area contributed by atoms with Crippen LogP contribution in [0.25, 0.3) is 11.1 Å². The Kier molecular flexibility index (Phi) is 3.50. The Bertz CT molecular complexity index is 561. The van der Waals surface area contributed by atoms with E-state index in [1.165, 1.54) is 5.56 Å². The first-order valence-electron chi connectivity index (χ1n) is 6.63. The number of oxazole rings is 1. The molecule has 1 aliphatic heterocycles. The number of likely N-dealkylation sites (N-methyl/N-ethyl adjacent to an activating group) is 1. The molecule has 19 heavy (non-hydrogen) atoms. The first-order chi connectivity index (χ1) is 9.28. The summed E-state index contributed by atoms with van der Waals surface area (Å²) in [6, 6.07) is 6.65. The Morgan fingerprint density at radius 3 is 3.11 bits per heavy atom. The number of nitrogens with zero attached hydrogens (tertiary/aromatic N) is 1. The quantitative estimate of drug-likeness (QED) is 0.874. The van der Waals surface area contributed by atoms with Gasteiger partial charge in [-0.25, -0.2) is 4.98 Å². The molecule has 2 unspecified atom stereocenters. The minimum absolute atomic E-state index is 0.210. The molecule has 0 amide bonds. The molecule has 1 saturated heterocycles. The third kappa shape index (κ3) is 2.49. The molecule has 0 aliphatic carbocycles. The van der Waals surface area contributed by atoms with E-state index in [1.807, 2.05) is 20.0 Å². The van der Waals surface area contributed by atoms with E-state index in [4.69, 9.17) is 9.15 Å². The average Bonchev–Trinajstić information content (AvgIpc) is 2.80. The van der Waals surface area contributed by atoms with Gasteiger partial charge in [-0.05, 0) is 24.7 Å². The molecule has 1 aliphatic rings. The third-order valence-corrected chi connectivity index (χ3v) is 3.54. The van der Waals surface area contributed by atoms with Crippen molar-refractivity contribution in [3.8, 4) is 0 Å². The van der Waals surface area contributed by atoms with E-state index in [1.54, 1.807) is 0 Å². The summed E-state index contributed by atoms with van der Waals surface area (Å²) in [5.74, 6) is 0.701. The molecule has 2 N–H and O–H groups in total. The average molecular weight is 261 g/mol. The molecule has 3 rings (SSSR count). The third-order valence-electron chi connectivity index (χ3n) is 3.54. The van der Waals surface area contributed by atoms with Crippen molar-refractivity contribution < 1.29 is 9.15 Å². The topological polar surface area (TPSA) is 59.3 Å². The molecule has 2 heterocycles. The molecule has 2 atom stereocenters. The van der Waals surface area contributed by atoms with E-state index in [9.17, 15) is 0 Å². The number of ether oxygens (including phenoxy) is 1. The number of aromatic nitrogens is 1. The first kappa shape index (κ1) is 12.6. The van der Waals surface area contributed by atoms with Crippen LogP contribution >= 0.6 is 0 Å². The Balaban J connectivity index is 1.91. The zero-order valence-electron chi connectivity index (χ0n) is 11.3. The monoisotopic (exact) mass is 261 g/mol. The van der Waals surface area contributed by atoms with Gasteiger partial charge in [0.05, 0.1) is 19.3 Å². The molecule has 2 aromatic rings. The van der Waals surface area contributed by atoms with Gasteiger partial charge in [0, 0.05) is 19.5 Å². The minimum Gasteiger partial charge on any atom is -0.441 e. The number of rotatable bonds is 3. The van der Waals surface area contributed by atoms with Crippen LogP contribution in [-0.2, 0) is 4.74 Å². The molecule has 5 heteroatoms. The lowest BCUT2D eigenvalue weighted by atomic mass is 9.99. The maximum atomic E-state index is 5.54. The van der Waals surface area contributed by atoms with Crippen molar-refractivity contribution in [1.82, 2.24) is 15.6 Å². The Labute approximate surface area is 112 Å². The van der Waals surface area contributed by atoms with E-state index >= 15 is 0 Å². The lowest BCUT2D eigenvalue weighted by Crippen LogP contribution is -2.48. The molecule has 1 aromatic carbocycles. The van der Waals surface area contributed by atoms with E-state index in [0.717, 1.165) is 30.9 Å². The van der Waals surface area contributed by atoms with Crippen LogP contribution in [0.1, 0.15) is 17.5 Å². The van der Waals surface area contributed by atoms with Crippen LogP contribution in [0.5, 0.6) is 0 Å². The van der Waals surface area contributed by atoms with Gasteiger partial charge in [0.2, 0.25) is 0 Å². The van der Waals surface area contributed by atoms with Crippen molar-refractivity contribution in [3.63, 3.8) is 0 Å². The van der Waals surface area contributed by atoms with Crippen molar-refractivity contribution in [3.05, 3.63) is 29.7 Å². The summed E-state index contributed by atoms with van der Waals surface area (Å²) in [7, 11) is 1.97. The van der Waals surface area contributed by atoms with Gasteiger partial charge in [-0.1, -0.05) is 6.07 Å². The summed E-state index contributed by atoms with van der Waals surface area (Å²) in [4.78, 5) is 4.39. The van der Waals surface area contributed by atoms with E-state index in [0.29, 0.717) is 5.89 Å². The van der Waals surface area contributed by atoms with Crippen molar-refractivity contribution in [2.75, 3.05) is 26.8 Å². The molecule has 1 aromatic heterocycles. The number of nitrogens with one attached hydrogen (secondary N) is 2. The second-order valence-corrected chi connectivity index (χ2v) is 4.86. The van der Waals surface area contributed by atoms with Gasteiger partial charge < -0.3 is 19.8 Å². The van der Waals surface area contributed by atoms with Gasteiger partial charge in [0.25, 0.3) is 0 Å². The van der Waals surface area contributed by atoms with Gasteiger partial charge in [-0.3, -0.25) is 0 Å². The predicted molar refractivity (Wildman–Crippen MR) is 73.2 cm³/mol. The molecule has 0 bridgehead atoms. The van der Waals surface area contributed by atoms with Crippen LogP contribution < -0.4 is 10.6 Å². The standard InChI is InChI=1S/C14H19N3O2/c1-9-17-11-7-10(3-4-13(11)19-9)14(15-2)12-8-18-6-5-16-12/h3-4,7,12,14-16H,5-6,8H2,1-2H3. The Hall–Kier alpha value is -1.43. The van der Waals surface area contributed by atoms with Crippen molar-refractivity contribution >= 4 is 11.1 Å². The Morgan fingerprint density at radius 2 is 2.37 bits per heavy atom. The van der Waals surface area contributed by atoms with Gasteiger partial charge >= 0.3 is 0 Å². The zero-order chi connectivity index (χ0) is 13.2. The van der Waals surface area contributed by atoms with Crippen LogP contribution in [0.15, 0.2) is 22.6 Å². The summed E-state index contributed by atoms with van der Waals surface area (Å²) in [6.07, 6.45) is 0. The van der Waals surface area contributed by atoms with Gasteiger partial charge in [-0.15, -0.1) is 0 Å². The van der Waals surface area contributed by atoms with Crippen molar-refractivity contribution in [2.24, 2.45) is 0 Å². The highest BCUT2D eigenvalue weighted by atomic mass is 16.5. The summed E-state index contributed by atoms with van der Waals surface area (Å²) in [5, 5.41) is 6.85. The number of hydrogen-bond acceptors (Lipinski definition) is 5. The molecule has 5 nitrogen and oxygen atoms in total. The summed E-state index contributed by atoms with van der Waals surface area (Å²) in [5.41, 5.74) is 2.95. The van der Waals surface area contributed by atoms with E-state index < -0.39 is 0 Å². The summed E-state index contributed by atoms with van der Waals surface area (Å²) >= 11 is 0. The summed E-state index contributed by atoms with van der Waals surface area (Å²) in [6.45, 7) is 4.27. The molecule has 1 fully saturated rings. The minimum atomic E-state index is 0.210. The SMILES string of the molecule is CNC(c1ccc2oc(C)nc2c1)C1COCCN1. The highest BCUT2D eigenvalue weighted by Crippen LogP contribution is 2.23. The number of aryl methyl sites for hydroxylation is 1. The van der Waals surface area contributed by atoms with Gasteiger partial charge in [0.1, 0.15) is 5.52 Å². The molecule has 0 spiro atoms. The fraction of sp³-hybridized carbons (Fsp3) is 0.500. The smallest absolute Gasteiger partial charge is 0.192 e. The molecule has 102 valence electrons. The van der Waals surface area contributed by atoms with Crippen molar-refractivity contribution in [2.45, 2.75) is 19.0 Å². The normalized spacial score (nSPS) is 21.7. The zero-order valence-corrected chi connectivity index (χ0v) is 11.3. The van der Waals surface area contributed by atoms with E-state index in [-0.39, 0.29) is 12.1 Å². The van der Waals surface area contributed by atoms with E-state index in [2.05, 4.69) is 27.8 Å². The fourth-order valence-corrected chi connectivity index (χ4v) is 2.65. The number of hydrogen-bond donors (Lipinski definition) is 2. The van der Waals surface area contributed by atoms with Crippen LogP contribution in [0.3, 0.4) is 0 Å². The molecule has 0 saturated carbocycles. The van der Waals surface area contributed by atoms with Crippen molar-refractivity contribution in [1.29, 1.82) is 0 Å². The lowest BCUT2D eigenvalue weighted by Gasteiger charge is -2.31.